The van der Waals surface area contributed by atoms with Crippen LogP contribution in [0.25, 0.3) is 0 Å². The van der Waals surface area contributed by atoms with Crippen molar-refractivity contribution < 1.29 is 0 Å². The molecule has 0 N–H and O–H groups in total. The maximum atomic E-state index is 5.79. The number of aromatic nitrogens is 1. The van der Waals surface area contributed by atoms with E-state index in [1.165, 1.54) is 37.2 Å². The molecule has 2 bridgehead atoms. The zero-order valence-electron chi connectivity index (χ0n) is 10.9. The Hall–Kier alpha value is -0.120. The first-order chi connectivity index (χ1) is 8.74. The fraction of sp³-hybridized carbons (Fsp3) is 0.786. The summed E-state index contributed by atoms with van der Waals surface area (Å²) in [5.74, 6) is 3.55. The van der Waals surface area contributed by atoms with Crippen LogP contribution in [0.15, 0.2) is 5.38 Å². The molecule has 0 aromatic carbocycles. The van der Waals surface area contributed by atoms with Crippen molar-refractivity contribution in [1.82, 2.24) is 9.88 Å². The van der Waals surface area contributed by atoms with E-state index in [1.807, 2.05) is 0 Å². The van der Waals surface area contributed by atoms with Crippen LogP contribution in [0.3, 0.4) is 0 Å². The van der Waals surface area contributed by atoms with Crippen LogP contribution in [0.4, 0.5) is 0 Å². The summed E-state index contributed by atoms with van der Waals surface area (Å²) in [6.07, 6.45) is 5.96. The highest BCUT2D eigenvalue weighted by Crippen LogP contribution is 2.48. The normalized spacial score (nSPS) is 30.5. The highest BCUT2D eigenvalue weighted by molar-refractivity contribution is 7.09. The summed E-state index contributed by atoms with van der Waals surface area (Å²) in [5, 5.41) is 3.28. The second kappa shape index (κ2) is 5.48. The van der Waals surface area contributed by atoms with Crippen LogP contribution in [0.1, 0.15) is 36.4 Å². The van der Waals surface area contributed by atoms with E-state index in [0.29, 0.717) is 5.88 Å². The lowest BCUT2D eigenvalue weighted by Crippen LogP contribution is -2.28. The standard InChI is InChI=1S/C14H21ClN2S/c1-17(8-14-16-13(6-15)9-18-14)7-12-5-10-2-3-11(12)4-10/h9-12H,2-8H2,1H3. The SMILES string of the molecule is CN(Cc1nc(CCl)cs1)CC1CC2CCC1C2. The summed E-state index contributed by atoms with van der Waals surface area (Å²) in [6, 6.07) is 0. The Morgan fingerprint density at radius 1 is 1.44 bits per heavy atom. The van der Waals surface area contributed by atoms with Crippen molar-refractivity contribution >= 4 is 22.9 Å². The van der Waals surface area contributed by atoms with E-state index in [9.17, 15) is 0 Å². The molecule has 100 valence electrons. The highest BCUT2D eigenvalue weighted by atomic mass is 35.5. The van der Waals surface area contributed by atoms with Crippen LogP contribution in [-0.4, -0.2) is 23.5 Å². The van der Waals surface area contributed by atoms with Crippen molar-refractivity contribution in [3.8, 4) is 0 Å². The predicted molar refractivity (Wildman–Crippen MR) is 76.9 cm³/mol. The molecule has 0 spiro atoms. The fourth-order valence-corrected chi connectivity index (χ4v) is 4.88. The zero-order chi connectivity index (χ0) is 12.5. The number of nitrogens with zero attached hydrogens (tertiary/aromatic N) is 2. The maximum absolute atomic E-state index is 5.79. The van der Waals surface area contributed by atoms with Gasteiger partial charge in [-0.3, -0.25) is 4.90 Å². The molecule has 1 aromatic rings. The minimum Gasteiger partial charge on any atom is -0.299 e. The van der Waals surface area contributed by atoms with Crippen LogP contribution < -0.4 is 0 Å². The van der Waals surface area contributed by atoms with Crippen LogP contribution in [0, 0.1) is 17.8 Å². The van der Waals surface area contributed by atoms with Gasteiger partial charge in [0.05, 0.1) is 18.1 Å². The van der Waals surface area contributed by atoms with Gasteiger partial charge in [0.2, 0.25) is 0 Å². The predicted octanol–water partition coefficient (Wildman–Crippen LogP) is 3.75. The Morgan fingerprint density at radius 3 is 2.94 bits per heavy atom. The van der Waals surface area contributed by atoms with Gasteiger partial charge in [-0.05, 0) is 44.1 Å². The van der Waals surface area contributed by atoms with Gasteiger partial charge in [-0.1, -0.05) is 6.42 Å². The monoisotopic (exact) mass is 284 g/mol. The topological polar surface area (TPSA) is 16.1 Å². The van der Waals surface area contributed by atoms with Crippen molar-refractivity contribution in [2.75, 3.05) is 13.6 Å². The summed E-state index contributed by atoms with van der Waals surface area (Å²) in [7, 11) is 2.23. The third-order valence-electron chi connectivity index (χ3n) is 4.57. The average Bonchev–Trinajstić information content (AvgIpc) is 3.04. The summed E-state index contributed by atoms with van der Waals surface area (Å²) in [6.45, 7) is 2.23. The number of alkyl halides is 1. The summed E-state index contributed by atoms with van der Waals surface area (Å²) in [4.78, 5) is 6.98. The fourth-order valence-electron chi connectivity index (χ4n) is 3.78. The van der Waals surface area contributed by atoms with E-state index in [4.69, 9.17) is 11.6 Å². The van der Waals surface area contributed by atoms with Crippen molar-refractivity contribution in [2.24, 2.45) is 17.8 Å². The summed E-state index contributed by atoms with van der Waals surface area (Å²) >= 11 is 7.53. The smallest absolute Gasteiger partial charge is 0.107 e. The molecule has 4 heteroatoms. The molecule has 0 radical (unpaired) electrons. The molecule has 2 saturated carbocycles. The van der Waals surface area contributed by atoms with Crippen LogP contribution in [0.5, 0.6) is 0 Å². The second-order valence-electron chi connectivity index (χ2n) is 6.00. The first-order valence-corrected chi connectivity index (χ1v) is 8.33. The van der Waals surface area contributed by atoms with Gasteiger partial charge in [0.1, 0.15) is 5.01 Å². The molecule has 2 aliphatic rings. The first-order valence-electron chi connectivity index (χ1n) is 6.92. The average molecular weight is 285 g/mol. The Morgan fingerprint density at radius 2 is 2.33 bits per heavy atom. The number of thiazole rings is 1. The Bertz CT molecular complexity index is 406. The molecule has 18 heavy (non-hydrogen) atoms. The molecule has 1 aromatic heterocycles. The molecule has 2 aliphatic carbocycles. The molecule has 2 nitrogen and oxygen atoms in total. The zero-order valence-corrected chi connectivity index (χ0v) is 12.5. The first kappa shape index (κ1) is 12.9. The highest BCUT2D eigenvalue weighted by Gasteiger charge is 2.39. The Balaban J connectivity index is 1.51. The third kappa shape index (κ3) is 2.73. The lowest BCUT2D eigenvalue weighted by atomic mass is 9.88. The Labute approximate surface area is 118 Å². The lowest BCUT2D eigenvalue weighted by molar-refractivity contribution is 0.214. The molecular weight excluding hydrogens is 264 g/mol. The number of rotatable bonds is 5. The molecule has 3 atom stereocenters. The lowest BCUT2D eigenvalue weighted by Gasteiger charge is -2.26. The largest absolute Gasteiger partial charge is 0.299 e. The van der Waals surface area contributed by atoms with E-state index >= 15 is 0 Å². The summed E-state index contributed by atoms with van der Waals surface area (Å²) < 4.78 is 0. The number of fused-ring (bicyclic) bond motifs is 2. The van der Waals surface area contributed by atoms with Gasteiger partial charge in [-0.2, -0.15) is 0 Å². The molecule has 0 aliphatic heterocycles. The summed E-state index contributed by atoms with van der Waals surface area (Å²) in [5.41, 5.74) is 1.02. The molecule has 1 heterocycles. The Kier molecular flexibility index (Phi) is 3.92. The van der Waals surface area contributed by atoms with Crippen molar-refractivity contribution in [1.29, 1.82) is 0 Å². The second-order valence-corrected chi connectivity index (χ2v) is 7.21. The van der Waals surface area contributed by atoms with Crippen LogP contribution in [-0.2, 0) is 12.4 Å². The third-order valence-corrected chi connectivity index (χ3v) is 5.73. The van der Waals surface area contributed by atoms with Gasteiger partial charge >= 0.3 is 0 Å². The molecule has 2 fully saturated rings. The van der Waals surface area contributed by atoms with E-state index in [-0.39, 0.29) is 0 Å². The number of hydrogen-bond acceptors (Lipinski definition) is 3. The van der Waals surface area contributed by atoms with Gasteiger partial charge < -0.3 is 0 Å². The molecule has 0 saturated heterocycles. The molecular formula is C14H21ClN2S. The minimum atomic E-state index is 0.534. The quantitative estimate of drug-likeness (QED) is 0.766. The molecule has 3 rings (SSSR count). The number of halogens is 1. The van der Waals surface area contributed by atoms with Crippen molar-refractivity contribution in [3.63, 3.8) is 0 Å². The van der Waals surface area contributed by atoms with Crippen molar-refractivity contribution in [3.05, 3.63) is 16.1 Å². The van der Waals surface area contributed by atoms with E-state index in [0.717, 1.165) is 30.0 Å². The van der Waals surface area contributed by atoms with E-state index in [1.54, 1.807) is 11.3 Å². The van der Waals surface area contributed by atoms with Gasteiger partial charge in [0, 0.05) is 11.9 Å². The van der Waals surface area contributed by atoms with Crippen LogP contribution >= 0.6 is 22.9 Å². The maximum Gasteiger partial charge on any atom is 0.107 e. The van der Waals surface area contributed by atoms with Crippen molar-refractivity contribution in [2.45, 2.75) is 38.1 Å². The minimum absolute atomic E-state index is 0.534. The molecule has 3 unspecified atom stereocenters. The van der Waals surface area contributed by atoms with Gasteiger partial charge in [0.25, 0.3) is 0 Å². The number of hydrogen-bond donors (Lipinski definition) is 0. The van der Waals surface area contributed by atoms with Gasteiger partial charge in [-0.25, -0.2) is 4.98 Å². The van der Waals surface area contributed by atoms with E-state index in [2.05, 4.69) is 22.3 Å². The van der Waals surface area contributed by atoms with Crippen LogP contribution in [0.2, 0.25) is 0 Å². The van der Waals surface area contributed by atoms with Gasteiger partial charge in [-0.15, -0.1) is 22.9 Å². The van der Waals surface area contributed by atoms with E-state index < -0.39 is 0 Å². The van der Waals surface area contributed by atoms with Gasteiger partial charge in [0.15, 0.2) is 0 Å². The molecule has 0 amide bonds.